The first-order valence-electron chi connectivity index (χ1n) is 19.9. The number of aromatic nitrogens is 1. The summed E-state index contributed by atoms with van der Waals surface area (Å²) >= 11 is 0. The molecule has 0 spiro atoms. The number of para-hydroxylation sites is 2. The lowest BCUT2D eigenvalue weighted by Crippen LogP contribution is -2.10. The van der Waals surface area contributed by atoms with Gasteiger partial charge in [-0.3, -0.25) is 0 Å². The number of fused-ring (bicyclic) bond motifs is 5. The van der Waals surface area contributed by atoms with Crippen LogP contribution < -0.4 is 4.90 Å². The van der Waals surface area contributed by atoms with Crippen molar-refractivity contribution in [2.24, 2.45) is 0 Å². The molecule has 0 saturated carbocycles. The van der Waals surface area contributed by atoms with Gasteiger partial charge in [0.15, 0.2) is 0 Å². The van der Waals surface area contributed by atoms with Crippen LogP contribution in [-0.4, -0.2) is 4.57 Å². The van der Waals surface area contributed by atoms with E-state index in [2.05, 4.69) is 240 Å². The Kier molecular flexibility index (Phi) is 8.19. The summed E-state index contributed by atoms with van der Waals surface area (Å²) in [5.74, 6) is 0. The number of benzene rings is 10. The maximum atomic E-state index is 2.37. The number of rotatable bonds is 7. The molecule has 1 aromatic heterocycles. The standard InChI is InChI=1S/C56H38N2/c1-3-11-39(12-4-1)42-19-22-46-37-44(20-23-45(46)35-42)41-25-28-49(29-26-41)57(52-30-27-47-36-43(21-24-48(47)38-52)40-13-5-2-6-14-40)50-31-33-51(34-32-50)58-55-17-9-7-15-53(55)54-16-8-10-18-56(54)58/h1-38H. The molecule has 2 nitrogen and oxygen atoms in total. The minimum Gasteiger partial charge on any atom is -0.310 e. The number of nitrogens with zero attached hydrogens (tertiary/aromatic N) is 2. The zero-order chi connectivity index (χ0) is 38.4. The molecule has 1 heterocycles. The van der Waals surface area contributed by atoms with Crippen molar-refractivity contribution in [3.8, 4) is 39.1 Å². The topological polar surface area (TPSA) is 8.17 Å². The van der Waals surface area contributed by atoms with Gasteiger partial charge in [-0.15, -0.1) is 0 Å². The van der Waals surface area contributed by atoms with Gasteiger partial charge in [0.05, 0.1) is 11.0 Å². The molecule has 58 heavy (non-hydrogen) atoms. The molecule has 0 aliphatic rings. The van der Waals surface area contributed by atoms with E-state index in [1.807, 2.05) is 0 Å². The van der Waals surface area contributed by atoms with E-state index in [4.69, 9.17) is 0 Å². The second kappa shape index (κ2) is 14.1. The minimum atomic E-state index is 1.09. The quantitative estimate of drug-likeness (QED) is 0.158. The van der Waals surface area contributed by atoms with Gasteiger partial charge >= 0.3 is 0 Å². The highest BCUT2D eigenvalue weighted by Gasteiger charge is 2.16. The molecular weight excluding hydrogens is 701 g/mol. The average molecular weight is 739 g/mol. The fourth-order valence-electron chi connectivity index (χ4n) is 8.62. The van der Waals surface area contributed by atoms with E-state index in [0.29, 0.717) is 0 Å². The molecule has 11 rings (SSSR count). The molecule has 0 radical (unpaired) electrons. The van der Waals surface area contributed by atoms with Gasteiger partial charge in [-0.25, -0.2) is 0 Å². The van der Waals surface area contributed by atoms with Crippen molar-refractivity contribution < 1.29 is 0 Å². The molecule has 0 N–H and O–H groups in total. The molecule has 0 unspecified atom stereocenters. The van der Waals surface area contributed by atoms with E-state index in [1.54, 1.807) is 0 Å². The molecule has 0 aliphatic heterocycles. The van der Waals surface area contributed by atoms with Crippen molar-refractivity contribution in [2.45, 2.75) is 0 Å². The number of hydrogen-bond donors (Lipinski definition) is 0. The van der Waals surface area contributed by atoms with Crippen molar-refractivity contribution in [1.29, 1.82) is 0 Å². The van der Waals surface area contributed by atoms with Crippen LogP contribution in [-0.2, 0) is 0 Å². The Bertz CT molecular complexity index is 3200. The fraction of sp³-hybridized carbons (Fsp3) is 0. The van der Waals surface area contributed by atoms with Crippen molar-refractivity contribution in [1.82, 2.24) is 4.57 Å². The maximum absolute atomic E-state index is 2.37. The lowest BCUT2D eigenvalue weighted by molar-refractivity contribution is 1.17. The van der Waals surface area contributed by atoms with E-state index in [9.17, 15) is 0 Å². The summed E-state index contributed by atoms with van der Waals surface area (Å²) in [6.07, 6.45) is 0. The summed E-state index contributed by atoms with van der Waals surface area (Å²) in [5, 5.41) is 7.42. The Morgan fingerprint density at radius 1 is 0.259 bits per heavy atom. The third-order valence-corrected chi connectivity index (χ3v) is 11.5. The largest absolute Gasteiger partial charge is 0.310 e. The molecule has 2 heteroatoms. The third kappa shape index (κ3) is 6.00. The molecule has 0 amide bonds. The van der Waals surface area contributed by atoms with Crippen LogP contribution in [0.3, 0.4) is 0 Å². The highest BCUT2D eigenvalue weighted by molar-refractivity contribution is 6.09. The second-order valence-electron chi connectivity index (χ2n) is 15.0. The van der Waals surface area contributed by atoms with Crippen LogP contribution in [0.2, 0.25) is 0 Å². The zero-order valence-corrected chi connectivity index (χ0v) is 31.8. The van der Waals surface area contributed by atoms with Gasteiger partial charge in [-0.1, -0.05) is 152 Å². The van der Waals surface area contributed by atoms with E-state index >= 15 is 0 Å². The van der Waals surface area contributed by atoms with E-state index in [0.717, 1.165) is 22.7 Å². The first kappa shape index (κ1) is 33.6. The summed E-state index contributed by atoms with van der Waals surface area (Å²) in [4.78, 5) is 2.37. The minimum absolute atomic E-state index is 1.09. The monoisotopic (exact) mass is 738 g/mol. The Morgan fingerprint density at radius 2 is 0.621 bits per heavy atom. The molecule has 0 atom stereocenters. The van der Waals surface area contributed by atoms with Gasteiger partial charge in [-0.2, -0.15) is 0 Å². The summed E-state index contributed by atoms with van der Waals surface area (Å²) in [5.41, 5.74) is 14.2. The van der Waals surface area contributed by atoms with Gasteiger partial charge < -0.3 is 9.47 Å². The lowest BCUT2D eigenvalue weighted by atomic mass is 9.97. The van der Waals surface area contributed by atoms with E-state index in [-0.39, 0.29) is 0 Å². The Balaban J connectivity index is 0.981. The van der Waals surface area contributed by atoms with Gasteiger partial charge in [0.1, 0.15) is 0 Å². The smallest absolute Gasteiger partial charge is 0.0541 e. The van der Waals surface area contributed by atoms with Crippen molar-refractivity contribution in [2.75, 3.05) is 4.90 Å². The van der Waals surface area contributed by atoms with Gasteiger partial charge in [0.2, 0.25) is 0 Å². The molecule has 11 aromatic rings. The van der Waals surface area contributed by atoms with Crippen LogP contribution >= 0.6 is 0 Å². The molecule has 272 valence electrons. The van der Waals surface area contributed by atoms with Gasteiger partial charge in [0.25, 0.3) is 0 Å². The van der Waals surface area contributed by atoms with Crippen molar-refractivity contribution in [3.63, 3.8) is 0 Å². The van der Waals surface area contributed by atoms with Crippen LogP contribution in [0.25, 0.3) is 82.4 Å². The Labute approximate surface area is 338 Å². The molecule has 0 saturated heterocycles. The molecular formula is C56H38N2. The SMILES string of the molecule is c1ccc(-c2ccc3cc(-c4ccc(N(c5ccc(-n6c7ccccc7c7ccccc76)cc5)c5ccc6cc(-c7ccccc7)ccc6c5)cc4)ccc3c2)cc1. The van der Waals surface area contributed by atoms with Crippen LogP contribution in [0.4, 0.5) is 17.1 Å². The lowest BCUT2D eigenvalue weighted by Gasteiger charge is -2.26. The molecule has 0 bridgehead atoms. The summed E-state index contributed by atoms with van der Waals surface area (Å²) in [7, 11) is 0. The highest BCUT2D eigenvalue weighted by Crippen LogP contribution is 2.40. The first-order chi connectivity index (χ1) is 28.7. The first-order valence-corrected chi connectivity index (χ1v) is 19.9. The van der Waals surface area contributed by atoms with Gasteiger partial charge in [0, 0.05) is 33.5 Å². The third-order valence-electron chi connectivity index (χ3n) is 11.5. The van der Waals surface area contributed by atoms with Crippen molar-refractivity contribution >= 4 is 60.4 Å². The zero-order valence-electron chi connectivity index (χ0n) is 31.8. The molecule has 0 fully saturated rings. The highest BCUT2D eigenvalue weighted by atomic mass is 15.1. The maximum Gasteiger partial charge on any atom is 0.0541 e. The van der Waals surface area contributed by atoms with Crippen molar-refractivity contribution in [3.05, 3.63) is 231 Å². The molecule has 0 aliphatic carbocycles. The van der Waals surface area contributed by atoms with E-state index in [1.165, 1.54) is 76.7 Å². The van der Waals surface area contributed by atoms with Gasteiger partial charge in [-0.05, 0) is 134 Å². The number of hydrogen-bond acceptors (Lipinski definition) is 1. The summed E-state index contributed by atoms with van der Waals surface area (Å²) < 4.78 is 2.37. The average Bonchev–Trinajstić information content (AvgIpc) is 3.64. The predicted octanol–water partition coefficient (Wildman–Crippen LogP) is 15.6. The predicted molar refractivity (Wildman–Crippen MR) is 247 cm³/mol. The summed E-state index contributed by atoms with van der Waals surface area (Å²) in [6.45, 7) is 0. The summed E-state index contributed by atoms with van der Waals surface area (Å²) in [6, 6.07) is 83.7. The van der Waals surface area contributed by atoms with E-state index < -0.39 is 0 Å². The van der Waals surface area contributed by atoms with Crippen LogP contribution in [0.1, 0.15) is 0 Å². The Hall–Kier alpha value is -7.68. The van der Waals surface area contributed by atoms with Crippen LogP contribution in [0.15, 0.2) is 231 Å². The molecule has 10 aromatic carbocycles. The number of anilines is 3. The van der Waals surface area contributed by atoms with Crippen LogP contribution in [0.5, 0.6) is 0 Å². The fourth-order valence-corrected chi connectivity index (χ4v) is 8.62. The Morgan fingerprint density at radius 3 is 1.12 bits per heavy atom. The van der Waals surface area contributed by atoms with Crippen LogP contribution in [0, 0.1) is 0 Å². The second-order valence-corrected chi connectivity index (χ2v) is 15.0. The normalized spacial score (nSPS) is 11.4.